The molecule has 0 radical (unpaired) electrons. The van der Waals surface area contributed by atoms with E-state index in [1.54, 1.807) is 13.1 Å². The molecular weight excluding hydrogens is 274 g/mol. The highest BCUT2D eigenvalue weighted by Crippen LogP contribution is 2.22. The van der Waals surface area contributed by atoms with Crippen LogP contribution in [0, 0.1) is 13.8 Å². The number of hydrogen-bond acceptors (Lipinski definition) is 3. The zero-order chi connectivity index (χ0) is 14.7. The van der Waals surface area contributed by atoms with Crippen molar-refractivity contribution in [3.05, 3.63) is 52.2 Å². The van der Waals surface area contributed by atoms with E-state index in [0.29, 0.717) is 16.4 Å². The molecule has 0 spiro atoms. The number of anilines is 2. The number of hydrogen-bond donors (Lipinski definition) is 2. The van der Waals surface area contributed by atoms with Crippen molar-refractivity contribution in [2.45, 2.75) is 13.8 Å². The average molecular weight is 290 g/mol. The van der Waals surface area contributed by atoms with Crippen molar-refractivity contribution in [3.8, 4) is 0 Å². The molecule has 2 rings (SSSR count). The summed E-state index contributed by atoms with van der Waals surface area (Å²) in [5.74, 6) is 0.350. The normalized spacial score (nSPS) is 10.2. The highest BCUT2D eigenvalue weighted by atomic mass is 35.5. The minimum atomic E-state index is -0.248. The average Bonchev–Trinajstić information content (AvgIpc) is 2.44. The Hall–Kier alpha value is -2.07. The van der Waals surface area contributed by atoms with Crippen LogP contribution in [0.1, 0.15) is 21.5 Å². The summed E-state index contributed by atoms with van der Waals surface area (Å²) in [6.45, 7) is 3.97. The Kier molecular flexibility index (Phi) is 4.25. The summed E-state index contributed by atoms with van der Waals surface area (Å²) in [7, 11) is 1.74. The van der Waals surface area contributed by atoms with Crippen LogP contribution in [0.5, 0.6) is 0 Å². The smallest absolute Gasteiger partial charge is 0.257 e. The van der Waals surface area contributed by atoms with Gasteiger partial charge in [-0.3, -0.25) is 4.79 Å². The van der Waals surface area contributed by atoms with Crippen molar-refractivity contribution < 1.29 is 4.79 Å². The molecule has 2 N–H and O–H groups in total. The lowest BCUT2D eigenvalue weighted by Gasteiger charge is -2.11. The van der Waals surface area contributed by atoms with E-state index in [2.05, 4.69) is 15.6 Å². The van der Waals surface area contributed by atoms with E-state index < -0.39 is 0 Å². The lowest BCUT2D eigenvalue weighted by Crippen LogP contribution is -2.14. The Bertz CT molecular complexity index is 656. The first-order chi connectivity index (χ1) is 9.52. The van der Waals surface area contributed by atoms with E-state index in [9.17, 15) is 4.79 Å². The standard InChI is InChI=1S/C15H16ClN3O/c1-9-5-4-6-13(10(9)2)19-15(20)11-7-14(17-3)18-8-12(11)16/h4-8H,1-3H3,(H,17,18)(H,19,20). The van der Waals surface area contributed by atoms with Crippen molar-refractivity contribution >= 4 is 29.0 Å². The van der Waals surface area contributed by atoms with Crippen molar-refractivity contribution in [1.29, 1.82) is 0 Å². The second-order valence-corrected chi connectivity index (χ2v) is 4.91. The summed E-state index contributed by atoms with van der Waals surface area (Å²) in [6.07, 6.45) is 1.46. The second-order valence-electron chi connectivity index (χ2n) is 4.50. The molecule has 0 bridgehead atoms. The fourth-order valence-electron chi connectivity index (χ4n) is 1.83. The van der Waals surface area contributed by atoms with Crippen molar-refractivity contribution in [1.82, 2.24) is 4.98 Å². The van der Waals surface area contributed by atoms with Crippen molar-refractivity contribution in [3.63, 3.8) is 0 Å². The van der Waals surface area contributed by atoms with Gasteiger partial charge in [-0.15, -0.1) is 0 Å². The molecule has 5 heteroatoms. The van der Waals surface area contributed by atoms with Gasteiger partial charge in [0.25, 0.3) is 5.91 Å². The monoisotopic (exact) mass is 289 g/mol. The van der Waals surface area contributed by atoms with E-state index in [4.69, 9.17) is 11.6 Å². The van der Waals surface area contributed by atoms with Crippen LogP contribution in [0.4, 0.5) is 11.5 Å². The number of carbonyl (C=O) groups excluding carboxylic acids is 1. The number of carbonyl (C=O) groups is 1. The van der Waals surface area contributed by atoms with Gasteiger partial charge in [-0.25, -0.2) is 4.98 Å². The fourth-order valence-corrected chi connectivity index (χ4v) is 2.01. The Balaban J connectivity index is 2.30. The van der Waals surface area contributed by atoms with Gasteiger partial charge < -0.3 is 10.6 Å². The Morgan fingerprint density at radius 2 is 2.05 bits per heavy atom. The van der Waals surface area contributed by atoms with Crippen LogP contribution in [0.25, 0.3) is 0 Å². The molecular formula is C15H16ClN3O. The van der Waals surface area contributed by atoms with Crippen LogP contribution in [0.15, 0.2) is 30.5 Å². The Morgan fingerprint density at radius 1 is 1.30 bits per heavy atom. The van der Waals surface area contributed by atoms with Gasteiger partial charge in [0.15, 0.2) is 0 Å². The van der Waals surface area contributed by atoms with Gasteiger partial charge in [-0.1, -0.05) is 23.7 Å². The maximum absolute atomic E-state index is 12.3. The third kappa shape index (κ3) is 2.91. The van der Waals surface area contributed by atoms with Crippen LogP contribution >= 0.6 is 11.6 Å². The molecule has 0 fully saturated rings. The molecule has 4 nitrogen and oxygen atoms in total. The lowest BCUT2D eigenvalue weighted by molar-refractivity contribution is 0.102. The second kappa shape index (κ2) is 5.92. The molecule has 0 aliphatic heterocycles. The van der Waals surface area contributed by atoms with Crippen LogP contribution in [-0.4, -0.2) is 17.9 Å². The highest BCUT2D eigenvalue weighted by molar-refractivity contribution is 6.34. The molecule has 20 heavy (non-hydrogen) atoms. The lowest BCUT2D eigenvalue weighted by atomic mass is 10.1. The molecule has 0 atom stereocenters. The third-order valence-corrected chi connectivity index (χ3v) is 3.51. The zero-order valence-electron chi connectivity index (χ0n) is 11.6. The van der Waals surface area contributed by atoms with Gasteiger partial charge in [0.2, 0.25) is 0 Å². The number of aromatic nitrogens is 1. The summed E-state index contributed by atoms with van der Waals surface area (Å²) in [4.78, 5) is 16.4. The quantitative estimate of drug-likeness (QED) is 0.907. The number of pyridine rings is 1. The van der Waals surface area contributed by atoms with Gasteiger partial charge in [0, 0.05) is 18.9 Å². The van der Waals surface area contributed by atoms with Gasteiger partial charge >= 0.3 is 0 Å². The molecule has 0 saturated heterocycles. The van der Waals surface area contributed by atoms with Crippen LogP contribution in [0.3, 0.4) is 0 Å². The maximum Gasteiger partial charge on any atom is 0.257 e. The van der Waals surface area contributed by atoms with Crippen LogP contribution in [0.2, 0.25) is 5.02 Å². The first-order valence-corrected chi connectivity index (χ1v) is 6.61. The molecule has 0 unspecified atom stereocenters. The first kappa shape index (κ1) is 14.3. The highest BCUT2D eigenvalue weighted by Gasteiger charge is 2.13. The third-order valence-electron chi connectivity index (χ3n) is 3.21. The van der Waals surface area contributed by atoms with Crippen LogP contribution < -0.4 is 10.6 Å². The number of benzene rings is 1. The predicted octanol–water partition coefficient (Wildman–Crippen LogP) is 3.65. The van der Waals surface area contributed by atoms with Gasteiger partial charge in [-0.05, 0) is 37.1 Å². The van der Waals surface area contributed by atoms with Gasteiger partial charge in [-0.2, -0.15) is 0 Å². The number of nitrogens with zero attached hydrogens (tertiary/aromatic N) is 1. The van der Waals surface area contributed by atoms with E-state index in [0.717, 1.165) is 16.8 Å². The predicted molar refractivity (Wildman–Crippen MR) is 82.7 cm³/mol. The molecule has 2 aromatic rings. The number of rotatable bonds is 3. The summed E-state index contributed by atoms with van der Waals surface area (Å²) in [5.41, 5.74) is 3.35. The van der Waals surface area contributed by atoms with E-state index in [1.165, 1.54) is 6.20 Å². The summed E-state index contributed by atoms with van der Waals surface area (Å²) < 4.78 is 0. The molecule has 0 aliphatic carbocycles. The molecule has 0 saturated carbocycles. The Morgan fingerprint density at radius 3 is 2.75 bits per heavy atom. The molecule has 1 aromatic heterocycles. The fraction of sp³-hybridized carbons (Fsp3) is 0.200. The van der Waals surface area contributed by atoms with E-state index >= 15 is 0 Å². The largest absolute Gasteiger partial charge is 0.373 e. The van der Waals surface area contributed by atoms with Crippen molar-refractivity contribution in [2.24, 2.45) is 0 Å². The maximum atomic E-state index is 12.3. The van der Waals surface area contributed by atoms with Crippen LogP contribution in [-0.2, 0) is 0 Å². The Labute approximate surface area is 123 Å². The summed E-state index contributed by atoms with van der Waals surface area (Å²) in [5, 5.41) is 6.09. The van der Waals surface area contributed by atoms with Crippen molar-refractivity contribution in [2.75, 3.05) is 17.7 Å². The number of amides is 1. The topological polar surface area (TPSA) is 54.0 Å². The molecule has 104 valence electrons. The minimum Gasteiger partial charge on any atom is -0.373 e. The molecule has 1 amide bonds. The number of halogens is 1. The van der Waals surface area contributed by atoms with E-state index in [-0.39, 0.29) is 5.91 Å². The van der Waals surface area contributed by atoms with Gasteiger partial charge in [0.1, 0.15) is 5.82 Å². The SMILES string of the molecule is CNc1cc(C(=O)Nc2cccc(C)c2C)c(Cl)cn1. The van der Waals surface area contributed by atoms with E-state index in [1.807, 2.05) is 32.0 Å². The molecule has 1 aromatic carbocycles. The summed E-state index contributed by atoms with van der Waals surface area (Å²) >= 11 is 6.03. The first-order valence-electron chi connectivity index (χ1n) is 6.23. The zero-order valence-corrected chi connectivity index (χ0v) is 12.4. The molecule has 1 heterocycles. The molecule has 0 aliphatic rings. The van der Waals surface area contributed by atoms with Gasteiger partial charge in [0.05, 0.1) is 10.6 Å². The number of nitrogens with one attached hydrogen (secondary N) is 2. The minimum absolute atomic E-state index is 0.248. The summed E-state index contributed by atoms with van der Waals surface area (Å²) in [6, 6.07) is 7.41. The number of aryl methyl sites for hydroxylation is 1.